The first kappa shape index (κ1) is 28.1. The lowest BCUT2D eigenvalue weighted by molar-refractivity contribution is 0.0506. The predicted octanol–water partition coefficient (Wildman–Crippen LogP) is 6.52. The Morgan fingerprint density at radius 1 is 0.633 bits per heavy atom. The molecule has 0 saturated carbocycles. The van der Waals surface area contributed by atoms with Crippen LogP contribution in [0.4, 0.5) is 0 Å². The Bertz CT molecular complexity index is 329. The first-order valence-corrected chi connectivity index (χ1v) is 14.8. The molecule has 1 atom stereocenters. The third-order valence-electron chi connectivity index (χ3n) is 5.44. The fraction of sp³-hybridized carbons (Fsp3) is 1.00. The summed E-state index contributed by atoms with van der Waals surface area (Å²) in [6.45, 7) is 11.3. The van der Waals surface area contributed by atoms with Gasteiger partial charge in [-0.15, -0.1) is 0 Å². The molecule has 0 bridgehead atoms. The molecule has 1 unspecified atom stereocenters. The highest BCUT2D eigenvalue weighted by Gasteiger charge is 2.40. The quantitative estimate of drug-likeness (QED) is 0.0959. The van der Waals surface area contributed by atoms with Gasteiger partial charge < -0.3 is 22.8 Å². The topological polar surface area (TPSA) is 49.5 Å². The zero-order valence-electron chi connectivity index (χ0n) is 20.3. The first-order chi connectivity index (χ1) is 14.8. The number of unbranched alkanes of at least 4 members (excludes halogenated alkanes) is 9. The van der Waals surface area contributed by atoms with E-state index in [9.17, 15) is 0 Å². The Morgan fingerprint density at radius 2 is 1.10 bits per heavy atom. The van der Waals surface area contributed by atoms with E-state index >= 15 is 0 Å². The van der Waals surface area contributed by atoms with Crippen molar-refractivity contribution >= 4 is 8.80 Å². The molecule has 5 nitrogen and oxygen atoms in total. The van der Waals surface area contributed by atoms with Crippen molar-refractivity contribution in [2.75, 3.05) is 39.6 Å². The normalized spacial score (nSPS) is 16.3. The van der Waals surface area contributed by atoms with Crippen molar-refractivity contribution in [2.45, 2.75) is 116 Å². The van der Waals surface area contributed by atoms with Crippen LogP contribution < -0.4 is 0 Å². The van der Waals surface area contributed by atoms with E-state index in [0.29, 0.717) is 12.7 Å². The second kappa shape index (κ2) is 19.7. The lowest BCUT2D eigenvalue weighted by Crippen LogP contribution is -2.47. The van der Waals surface area contributed by atoms with E-state index in [-0.39, 0.29) is 0 Å². The van der Waals surface area contributed by atoms with E-state index in [1.165, 1.54) is 57.8 Å². The van der Waals surface area contributed by atoms with Gasteiger partial charge in [0.25, 0.3) is 0 Å². The minimum atomic E-state index is -2.65. The van der Waals surface area contributed by atoms with Crippen LogP contribution in [-0.4, -0.2) is 54.5 Å². The zero-order chi connectivity index (χ0) is 21.8. The standard InChI is InChI=1S/C24H50O5Si/c1-4-7-10-13-18-27-30(28-19-14-11-8-5-2,29-20-15-12-9-6-3)21-16-17-25-22-24-23-26-24/h24H,4-23H2,1-3H3. The molecule has 1 saturated heterocycles. The van der Waals surface area contributed by atoms with Gasteiger partial charge in [-0.05, 0) is 25.7 Å². The monoisotopic (exact) mass is 446 g/mol. The summed E-state index contributed by atoms with van der Waals surface area (Å²) in [5.74, 6) is 0. The number of epoxide rings is 1. The van der Waals surface area contributed by atoms with Crippen LogP contribution in [0.3, 0.4) is 0 Å². The maximum Gasteiger partial charge on any atom is 0.501 e. The maximum atomic E-state index is 6.44. The Kier molecular flexibility index (Phi) is 18.4. The molecule has 6 heteroatoms. The SMILES string of the molecule is CCCCCCO[Si](CCCOCC1CO1)(OCCCCCC)OCCCCCC. The van der Waals surface area contributed by atoms with Crippen LogP contribution in [0.1, 0.15) is 104 Å². The Labute approximate surface area is 187 Å². The summed E-state index contributed by atoms with van der Waals surface area (Å²) in [4.78, 5) is 0. The van der Waals surface area contributed by atoms with Gasteiger partial charge in [0, 0.05) is 32.5 Å². The summed E-state index contributed by atoms with van der Waals surface area (Å²) in [5, 5.41) is 0. The summed E-state index contributed by atoms with van der Waals surface area (Å²) < 4.78 is 30.3. The second-order valence-corrected chi connectivity index (χ2v) is 11.3. The molecule has 30 heavy (non-hydrogen) atoms. The highest BCUT2D eigenvalue weighted by Crippen LogP contribution is 2.21. The molecule has 0 aliphatic carbocycles. The van der Waals surface area contributed by atoms with E-state index in [2.05, 4.69) is 20.8 Å². The second-order valence-electron chi connectivity index (χ2n) is 8.54. The van der Waals surface area contributed by atoms with Gasteiger partial charge in [-0.2, -0.15) is 0 Å². The van der Waals surface area contributed by atoms with Gasteiger partial charge in [0.15, 0.2) is 0 Å². The molecule has 1 heterocycles. The van der Waals surface area contributed by atoms with Crippen molar-refractivity contribution in [3.63, 3.8) is 0 Å². The fourth-order valence-corrected chi connectivity index (χ4v) is 6.01. The largest absolute Gasteiger partial charge is 0.501 e. The van der Waals surface area contributed by atoms with Gasteiger partial charge >= 0.3 is 8.80 Å². The summed E-state index contributed by atoms with van der Waals surface area (Å²) in [7, 11) is -2.65. The Hall–Kier alpha value is 0.0169. The third kappa shape index (κ3) is 15.8. The molecular weight excluding hydrogens is 396 g/mol. The minimum absolute atomic E-state index is 0.325. The Morgan fingerprint density at radius 3 is 1.50 bits per heavy atom. The smallest absolute Gasteiger partial charge is 0.379 e. The van der Waals surface area contributed by atoms with Crippen molar-refractivity contribution in [2.24, 2.45) is 0 Å². The summed E-state index contributed by atoms with van der Waals surface area (Å²) >= 11 is 0. The van der Waals surface area contributed by atoms with E-state index in [0.717, 1.165) is 64.8 Å². The van der Waals surface area contributed by atoms with Gasteiger partial charge in [0.2, 0.25) is 0 Å². The van der Waals surface area contributed by atoms with Gasteiger partial charge in [-0.1, -0.05) is 78.6 Å². The summed E-state index contributed by atoms with van der Waals surface area (Å²) in [6.07, 6.45) is 15.7. The fourth-order valence-electron chi connectivity index (χ4n) is 3.38. The first-order valence-electron chi connectivity index (χ1n) is 12.9. The van der Waals surface area contributed by atoms with Gasteiger partial charge in [-0.25, -0.2) is 0 Å². The van der Waals surface area contributed by atoms with Crippen LogP contribution in [0, 0.1) is 0 Å². The average molecular weight is 447 g/mol. The lowest BCUT2D eigenvalue weighted by atomic mass is 10.2. The van der Waals surface area contributed by atoms with Crippen molar-refractivity contribution in [1.82, 2.24) is 0 Å². The molecule has 0 N–H and O–H groups in total. The molecule has 0 aromatic heterocycles. The van der Waals surface area contributed by atoms with Crippen molar-refractivity contribution in [3.8, 4) is 0 Å². The van der Waals surface area contributed by atoms with E-state index in [1.54, 1.807) is 0 Å². The summed E-state index contributed by atoms with van der Waals surface area (Å²) in [6, 6.07) is 0.855. The van der Waals surface area contributed by atoms with Gasteiger partial charge in [0.05, 0.1) is 13.2 Å². The number of ether oxygens (including phenoxy) is 2. The highest BCUT2D eigenvalue weighted by atomic mass is 28.4. The molecule has 0 aromatic rings. The van der Waals surface area contributed by atoms with E-state index in [4.69, 9.17) is 22.8 Å². The van der Waals surface area contributed by atoms with Crippen LogP contribution >= 0.6 is 0 Å². The number of hydrogen-bond donors (Lipinski definition) is 0. The molecule has 1 rings (SSSR count). The average Bonchev–Trinajstić information content (AvgIpc) is 3.57. The molecule has 1 fully saturated rings. The van der Waals surface area contributed by atoms with Crippen LogP contribution in [0.2, 0.25) is 6.04 Å². The minimum Gasteiger partial charge on any atom is -0.379 e. The molecule has 0 spiro atoms. The van der Waals surface area contributed by atoms with Crippen LogP contribution in [-0.2, 0) is 22.8 Å². The number of hydrogen-bond acceptors (Lipinski definition) is 5. The molecular formula is C24H50O5Si. The molecule has 0 radical (unpaired) electrons. The molecule has 1 aliphatic rings. The van der Waals surface area contributed by atoms with E-state index in [1.807, 2.05) is 0 Å². The van der Waals surface area contributed by atoms with Crippen LogP contribution in [0.15, 0.2) is 0 Å². The zero-order valence-corrected chi connectivity index (χ0v) is 21.3. The maximum absolute atomic E-state index is 6.44. The lowest BCUT2D eigenvalue weighted by Gasteiger charge is -2.30. The van der Waals surface area contributed by atoms with Crippen LogP contribution in [0.5, 0.6) is 0 Å². The third-order valence-corrected chi connectivity index (χ3v) is 8.34. The van der Waals surface area contributed by atoms with Gasteiger partial charge in [0.1, 0.15) is 6.10 Å². The van der Waals surface area contributed by atoms with Gasteiger partial charge in [-0.3, -0.25) is 0 Å². The molecule has 180 valence electrons. The predicted molar refractivity (Wildman–Crippen MR) is 126 cm³/mol. The van der Waals surface area contributed by atoms with Crippen molar-refractivity contribution in [3.05, 3.63) is 0 Å². The Balaban J connectivity index is 2.50. The van der Waals surface area contributed by atoms with E-state index < -0.39 is 8.80 Å². The number of rotatable bonds is 24. The van der Waals surface area contributed by atoms with Crippen molar-refractivity contribution in [1.29, 1.82) is 0 Å². The highest BCUT2D eigenvalue weighted by molar-refractivity contribution is 6.60. The molecule has 0 aromatic carbocycles. The van der Waals surface area contributed by atoms with Crippen molar-refractivity contribution < 1.29 is 22.8 Å². The summed E-state index contributed by atoms with van der Waals surface area (Å²) in [5.41, 5.74) is 0. The molecule has 1 aliphatic heterocycles. The van der Waals surface area contributed by atoms with Crippen LogP contribution in [0.25, 0.3) is 0 Å². The molecule has 0 amide bonds.